The molecule has 21 heavy (non-hydrogen) atoms. The van der Waals surface area contributed by atoms with Crippen LogP contribution in [-0.2, 0) is 4.79 Å². The van der Waals surface area contributed by atoms with E-state index < -0.39 is 17.9 Å². The molecular weight excluding hydrogens is 296 g/mol. The van der Waals surface area contributed by atoms with Crippen molar-refractivity contribution < 1.29 is 19.8 Å². The third-order valence-corrected chi connectivity index (χ3v) is 3.23. The summed E-state index contributed by atoms with van der Waals surface area (Å²) in [6, 6.07) is 7.26. The molecule has 0 fully saturated rings. The third kappa shape index (κ3) is 3.48. The maximum Gasteiger partial charge on any atom is 0.326 e. The topological polar surface area (TPSA) is 99.5 Å². The molecule has 1 heterocycles. The molecule has 0 bridgehead atoms. The number of nitrogens with zero attached hydrogens (tertiary/aromatic N) is 1. The predicted molar refractivity (Wildman–Crippen MR) is 77.3 cm³/mol. The normalized spacial score (nSPS) is 12.1. The smallest absolute Gasteiger partial charge is 0.326 e. The number of aromatic nitrogens is 1. The number of halogens is 1. The van der Waals surface area contributed by atoms with Crippen LogP contribution < -0.4 is 5.32 Å². The standard InChI is InChI=1S/C14H13ClN2O4/c15-9-7-12(16-10-4-2-1-3-8(9)10)13(19)17-11(5-6-18)14(20)21/h1-4,7,11,18H,5-6H2,(H,17,19)(H,20,21)/t11-/m1/s1. The van der Waals surface area contributed by atoms with Crippen LogP contribution in [0.1, 0.15) is 16.9 Å². The molecule has 3 N–H and O–H groups in total. The first-order chi connectivity index (χ1) is 10.0. The number of aliphatic hydroxyl groups excluding tert-OH is 1. The highest BCUT2D eigenvalue weighted by atomic mass is 35.5. The maximum atomic E-state index is 12.1. The van der Waals surface area contributed by atoms with Crippen LogP contribution in [-0.4, -0.2) is 39.7 Å². The molecule has 2 rings (SSSR count). The number of aliphatic carboxylic acids is 1. The van der Waals surface area contributed by atoms with Crippen molar-refractivity contribution in [2.75, 3.05) is 6.61 Å². The first-order valence-corrected chi connectivity index (χ1v) is 6.60. The Morgan fingerprint density at radius 1 is 1.33 bits per heavy atom. The van der Waals surface area contributed by atoms with E-state index in [0.29, 0.717) is 15.9 Å². The van der Waals surface area contributed by atoms with Crippen LogP contribution in [0.3, 0.4) is 0 Å². The number of hydrogen-bond acceptors (Lipinski definition) is 4. The first kappa shape index (κ1) is 15.2. The van der Waals surface area contributed by atoms with Gasteiger partial charge in [0.15, 0.2) is 0 Å². The molecule has 0 aliphatic rings. The van der Waals surface area contributed by atoms with Crippen molar-refractivity contribution in [3.63, 3.8) is 0 Å². The molecule has 1 atom stereocenters. The van der Waals surface area contributed by atoms with E-state index in [0.717, 1.165) is 0 Å². The lowest BCUT2D eigenvalue weighted by Crippen LogP contribution is -2.41. The SMILES string of the molecule is O=C(N[C@H](CCO)C(=O)O)c1cc(Cl)c2ccccc2n1. The zero-order valence-corrected chi connectivity index (χ0v) is 11.7. The highest BCUT2D eigenvalue weighted by molar-refractivity contribution is 6.35. The Hall–Kier alpha value is -2.18. The van der Waals surface area contributed by atoms with Crippen LogP contribution in [0, 0.1) is 0 Å². The lowest BCUT2D eigenvalue weighted by atomic mass is 10.1. The van der Waals surface area contributed by atoms with Gasteiger partial charge in [0.1, 0.15) is 11.7 Å². The van der Waals surface area contributed by atoms with Crippen molar-refractivity contribution >= 4 is 34.4 Å². The summed E-state index contributed by atoms with van der Waals surface area (Å²) in [5, 5.41) is 21.1. The van der Waals surface area contributed by atoms with E-state index >= 15 is 0 Å². The van der Waals surface area contributed by atoms with Crippen molar-refractivity contribution in [1.82, 2.24) is 10.3 Å². The summed E-state index contributed by atoms with van der Waals surface area (Å²) in [6.45, 7) is -0.344. The minimum absolute atomic E-state index is 0.0305. The van der Waals surface area contributed by atoms with Gasteiger partial charge >= 0.3 is 5.97 Å². The van der Waals surface area contributed by atoms with Gasteiger partial charge in [0.05, 0.1) is 10.5 Å². The second-order valence-corrected chi connectivity index (χ2v) is 4.79. The van der Waals surface area contributed by atoms with E-state index in [2.05, 4.69) is 10.3 Å². The van der Waals surface area contributed by atoms with Crippen LogP contribution in [0.5, 0.6) is 0 Å². The number of carbonyl (C=O) groups excluding carboxylic acids is 1. The van der Waals surface area contributed by atoms with Gasteiger partial charge in [-0.1, -0.05) is 29.8 Å². The largest absolute Gasteiger partial charge is 0.480 e. The number of carboxylic acid groups (broad SMARTS) is 1. The van der Waals surface area contributed by atoms with Crippen LogP contribution in [0.25, 0.3) is 10.9 Å². The van der Waals surface area contributed by atoms with E-state index in [1.165, 1.54) is 6.07 Å². The number of carboxylic acids is 1. The highest BCUT2D eigenvalue weighted by Gasteiger charge is 2.21. The Morgan fingerprint density at radius 3 is 2.71 bits per heavy atom. The summed E-state index contributed by atoms with van der Waals surface area (Å²) in [4.78, 5) is 27.2. The number of pyridine rings is 1. The van der Waals surface area contributed by atoms with E-state index in [1.807, 2.05) is 0 Å². The molecule has 0 aliphatic carbocycles. The summed E-state index contributed by atoms with van der Waals surface area (Å²) in [5.41, 5.74) is 0.576. The number of amides is 1. The Morgan fingerprint density at radius 2 is 2.05 bits per heavy atom. The molecule has 0 aliphatic heterocycles. The summed E-state index contributed by atoms with van der Waals surface area (Å²) in [6.07, 6.45) is -0.0810. The van der Waals surface area contributed by atoms with Gasteiger partial charge in [0.2, 0.25) is 0 Å². The Bertz CT molecular complexity index is 690. The zero-order valence-electron chi connectivity index (χ0n) is 10.9. The number of aliphatic hydroxyl groups is 1. The molecule has 2 aromatic rings. The molecule has 6 nitrogen and oxygen atoms in total. The fourth-order valence-electron chi connectivity index (χ4n) is 1.87. The van der Waals surface area contributed by atoms with Crippen LogP contribution >= 0.6 is 11.6 Å². The fourth-order valence-corrected chi connectivity index (χ4v) is 2.13. The fraction of sp³-hybridized carbons (Fsp3) is 0.214. The Kier molecular flexibility index (Phi) is 4.72. The van der Waals surface area contributed by atoms with Crippen LogP contribution in [0.4, 0.5) is 0 Å². The summed E-state index contributed by atoms with van der Waals surface area (Å²) >= 11 is 6.09. The van der Waals surface area contributed by atoms with Gasteiger partial charge in [-0.25, -0.2) is 9.78 Å². The van der Waals surface area contributed by atoms with Crippen molar-refractivity contribution in [3.8, 4) is 0 Å². The van der Waals surface area contributed by atoms with E-state index in [4.69, 9.17) is 21.8 Å². The van der Waals surface area contributed by atoms with Crippen molar-refractivity contribution in [2.24, 2.45) is 0 Å². The number of benzene rings is 1. The molecule has 0 saturated heterocycles. The summed E-state index contributed by atoms with van der Waals surface area (Å²) in [5.74, 6) is -1.87. The number of nitrogens with one attached hydrogen (secondary N) is 1. The van der Waals surface area contributed by atoms with Crippen LogP contribution in [0.15, 0.2) is 30.3 Å². The van der Waals surface area contributed by atoms with Crippen LogP contribution in [0.2, 0.25) is 5.02 Å². The molecule has 0 spiro atoms. The number of hydrogen-bond donors (Lipinski definition) is 3. The van der Waals surface area contributed by atoms with Gasteiger partial charge in [-0.05, 0) is 12.1 Å². The number of para-hydroxylation sites is 1. The average Bonchev–Trinajstić information content (AvgIpc) is 2.46. The van der Waals surface area contributed by atoms with Gasteiger partial charge in [-0.2, -0.15) is 0 Å². The first-order valence-electron chi connectivity index (χ1n) is 6.22. The van der Waals surface area contributed by atoms with Crippen molar-refractivity contribution in [1.29, 1.82) is 0 Å². The van der Waals surface area contributed by atoms with E-state index in [-0.39, 0.29) is 18.7 Å². The minimum atomic E-state index is -1.22. The molecule has 0 radical (unpaired) electrons. The second kappa shape index (κ2) is 6.51. The van der Waals surface area contributed by atoms with Gasteiger partial charge in [-0.3, -0.25) is 4.79 Å². The van der Waals surface area contributed by atoms with Crippen molar-refractivity contribution in [3.05, 3.63) is 41.0 Å². The Labute approximate surface area is 125 Å². The molecule has 110 valence electrons. The molecule has 1 aromatic carbocycles. The number of rotatable bonds is 5. The lowest BCUT2D eigenvalue weighted by Gasteiger charge is -2.13. The van der Waals surface area contributed by atoms with Gasteiger partial charge in [-0.15, -0.1) is 0 Å². The number of carbonyl (C=O) groups is 2. The maximum absolute atomic E-state index is 12.1. The molecule has 1 aromatic heterocycles. The quantitative estimate of drug-likeness (QED) is 0.776. The molecule has 0 unspecified atom stereocenters. The monoisotopic (exact) mass is 308 g/mol. The number of fused-ring (bicyclic) bond motifs is 1. The predicted octanol–water partition coefficient (Wildman–Crippen LogP) is 1.45. The van der Waals surface area contributed by atoms with E-state index in [9.17, 15) is 9.59 Å². The Balaban J connectivity index is 2.29. The minimum Gasteiger partial charge on any atom is -0.480 e. The van der Waals surface area contributed by atoms with E-state index in [1.54, 1.807) is 24.3 Å². The average molecular weight is 309 g/mol. The van der Waals surface area contributed by atoms with Gasteiger partial charge < -0.3 is 15.5 Å². The molecule has 1 amide bonds. The second-order valence-electron chi connectivity index (χ2n) is 4.38. The third-order valence-electron chi connectivity index (χ3n) is 2.92. The summed E-state index contributed by atoms with van der Waals surface area (Å²) < 4.78 is 0. The lowest BCUT2D eigenvalue weighted by molar-refractivity contribution is -0.139. The zero-order chi connectivity index (χ0) is 15.4. The highest BCUT2D eigenvalue weighted by Crippen LogP contribution is 2.22. The molecular formula is C14H13ClN2O4. The van der Waals surface area contributed by atoms with Crippen molar-refractivity contribution in [2.45, 2.75) is 12.5 Å². The van der Waals surface area contributed by atoms with Gasteiger partial charge in [0.25, 0.3) is 5.91 Å². The molecule has 7 heteroatoms. The summed E-state index contributed by atoms with van der Waals surface area (Å²) in [7, 11) is 0. The molecule has 0 saturated carbocycles. The van der Waals surface area contributed by atoms with Gasteiger partial charge in [0, 0.05) is 18.4 Å².